The van der Waals surface area contributed by atoms with Gasteiger partial charge in [0.1, 0.15) is 5.75 Å². The number of hydrogen-bond acceptors (Lipinski definition) is 3. The SMILES string of the molecule is CCOc1ccc(C(C)O)cc1COCCC(F)(F)F. The molecule has 1 rings (SSSR count). The van der Waals surface area contributed by atoms with Crippen LogP contribution < -0.4 is 4.74 Å². The summed E-state index contributed by atoms with van der Waals surface area (Å²) in [5, 5.41) is 9.52. The van der Waals surface area contributed by atoms with Crippen molar-refractivity contribution in [2.75, 3.05) is 13.2 Å². The Morgan fingerprint density at radius 1 is 1.30 bits per heavy atom. The van der Waals surface area contributed by atoms with Gasteiger partial charge >= 0.3 is 6.18 Å². The zero-order chi connectivity index (χ0) is 15.2. The van der Waals surface area contributed by atoms with Crippen molar-refractivity contribution in [2.45, 2.75) is 39.2 Å². The number of hydrogen-bond donors (Lipinski definition) is 1. The molecule has 3 nitrogen and oxygen atoms in total. The molecule has 0 amide bonds. The summed E-state index contributed by atoms with van der Waals surface area (Å²) in [6, 6.07) is 5.09. The van der Waals surface area contributed by atoms with E-state index in [1.165, 1.54) is 0 Å². The highest BCUT2D eigenvalue weighted by molar-refractivity contribution is 5.37. The Labute approximate surface area is 116 Å². The fourth-order valence-electron chi connectivity index (χ4n) is 1.64. The van der Waals surface area contributed by atoms with Crippen molar-refractivity contribution in [2.24, 2.45) is 0 Å². The van der Waals surface area contributed by atoms with Crippen LogP contribution in [0, 0.1) is 0 Å². The number of halogens is 3. The number of rotatable bonds is 7. The van der Waals surface area contributed by atoms with Gasteiger partial charge in [-0.05, 0) is 31.5 Å². The van der Waals surface area contributed by atoms with Gasteiger partial charge in [0.25, 0.3) is 0 Å². The van der Waals surface area contributed by atoms with Crippen molar-refractivity contribution < 1.29 is 27.8 Å². The quantitative estimate of drug-likeness (QED) is 0.780. The molecule has 114 valence electrons. The lowest BCUT2D eigenvalue weighted by atomic mass is 10.1. The molecule has 0 saturated carbocycles. The van der Waals surface area contributed by atoms with E-state index in [2.05, 4.69) is 0 Å². The lowest BCUT2D eigenvalue weighted by Crippen LogP contribution is -2.11. The summed E-state index contributed by atoms with van der Waals surface area (Å²) in [7, 11) is 0. The molecule has 0 spiro atoms. The van der Waals surface area contributed by atoms with Crippen molar-refractivity contribution in [1.82, 2.24) is 0 Å². The highest BCUT2D eigenvalue weighted by atomic mass is 19.4. The van der Waals surface area contributed by atoms with E-state index in [0.29, 0.717) is 23.5 Å². The summed E-state index contributed by atoms with van der Waals surface area (Å²) in [5.41, 5.74) is 1.30. The minimum absolute atomic E-state index is 0.0198. The molecule has 1 unspecified atom stereocenters. The van der Waals surface area contributed by atoms with Crippen molar-refractivity contribution in [1.29, 1.82) is 0 Å². The van der Waals surface area contributed by atoms with Gasteiger partial charge in [0.2, 0.25) is 0 Å². The van der Waals surface area contributed by atoms with Crippen molar-refractivity contribution >= 4 is 0 Å². The Kier molecular flexibility index (Phi) is 6.29. The van der Waals surface area contributed by atoms with Gasteiger partial charge in [0, 0.05) is 5.56 Å². The van der Waals surface area contributed by atoms with E-state index in [9.17, 15) is 18.3 Å². The predicted molar refractivity (Wildman–Crippen MR) is 68.6 cm³/mol. The predicted octanol–water partition coefficient (Wildman–Crippen LogP) is 3.61. The van der Waals surface area contributed by atoms with Gasteiger partial charge in [-0.1, -0.05) is 6.07 Å². The highest BCUT2D eigenvalue weighted by Gasteiger charge is 2.26. The Morgan fingerprint density at radius 3 is 2.55 bits per heavy atom. The molecular formula is C14H19F3O3. The summed E-state index contributed by atoms with van der Waals surface area (Å²) in [6.07, 6.45) is -5.85. The number of aliphatic hydroxyl groups excluding tert-OH is 1. The van der Waals surface area contributed by atoms with E-state index < -0.39 is 25.3 Å². The first-order valence-electron chi connectivity index (χ1n) is 6.41. The molecule has 0 saturated heterocycles. The third-order valence-corrected chi connectivity index (χ3v) is 2.65. The highest BCUT2D eigenvalue weighted by Crippen LogP contribution is 2.25. The monoisotopic (exact) mass is 292 g/mol. The van der Waals surface area contributed by atoms with Crippen molar-refractivity contribution in [3.63, 3.8) is 0 Å². The number of alkyl halides is 3. The average Bonchev–Trinajstić information content (AvgIpc) is 2.35. The summed E-state index contributed by atoms with van der Waals surface area (Å²) in [6.45, 7) is 3.50. The van der Waals surface area contributed by atoms with Crippen LogP contribution in [0.4, 0.5) is 13.2 Å². The molecule has 6 heteroatoms. The molecule has 0 radical (unpaired) electrons. The Morgan fingerprint density at radius 2 is 2.00 bits per heavy atom. The van der Waals surface area contributed by atoms with Gasteiger partial charge in [0.05, 0.1) is 32.3 Å². The third-order valence-electron chi connectivity index (χ3n) is 2.65. The van der Waals surface area contributed by atoms with E-state index in [1.807, 2.05) is 6.92 Å². The van der Waals surface area contributed by atoms with Crippen LogP contribution in [-0.4, -0.2) is 24.5 Å². The smallest absolute Gasteiger partial charge is 0.391 e. The standard InChI is InChI=1S/C14H19F3O3/c1-3-20-13-5-4-11(10(2)18)8-12(13)9-19-7-6-14(15,16)17/h4-5,8,10,18H,3,6-7,9H2,1-2H3. The minimum Gasteiger partial charge on any atom is -0.494 e. The summed E-state index contributed by atoms with van der Waals surface area (Å²) >= 11 is 0. The Hall–Kier alpha value is -1.27. The molecule has 0 aliphatic carbocycles. The van der Waals surface area contributed by atoms with Crippen LogP contribution in [0.2, 0.25) is 0 Å². The van der Waals surface area contributed by atoms with Crippen LogP contribution in [0.3, 0.4) is 0 Å². The molecule has 0 bridgehead atoms. The fraction of sp³-hybridized carbons (Fsp3) is 0.571. The number of aliphatic hydroxyl groups is 1. The maximum atomic E-state index is 12.0. The van der Waals surface area contributed by atoms with Crippen LogP contribution in [0.1, 0.15) is 37.5 Å². The molecule has 1 atom stereocenters. The van der Waals surface area contributed by atoms with E-state index in [1.54, 1.807) is 25.1 Å². The maximum absolute atomic E-state index is 12.0. The summed E-state index contributed by atoms with van der Waals surface area (Å²) in [4.78, 5) is 0. The molecule has 1 N–H and O–H groups in total. The van der Waals surface area contributed by atoms with Crippen molar-refractivity contribution in [3.8, 4) is 5.75 Å². The van der Waals surface area contributed by atoms with E-state index in [0.717, 1.165) is 0 Å². The van der Waals surface area contributed by atoms with Gasteiger partial charge in [0.15, 0.2) is 0 Å². The molecule has 1 aromatic carbocycles. The molecule has 1 aromatic rings. The van der Waals surface area contributed by atoms with Crippen LogP contribution >= 0.6 is 0 Å². The first kappa shape index (κ1) is 16.8. The van der Waals surface area contributed by atoms with Crippen molar-refractivity contribution in [3.05, 3.63) is 29.3 Å². The Bertz CT molecular complexity index is 417. The van der Waals surface area contributed by atoms with Crippen LogP contribution in [-0.2, 0) is 11.3 Å². The molecule has 20 heavy (non-hydrogen) atoms. The Balaban J connectivity index is 2.67. The maximum Gasteiger partial charge on any atom is 0.391 e. The summed E-state index contributed by atoms with van der Waals surface area (Å²) in [5.74, 6) is 0.559. The second-order valence-corrected chi connectivity index (χ2v) is 4.39. The average molecular weight is 292 g/mol. The first-order chi connectivity index (χ1) is 9.33. The van der Waals surface area contributed by atoms with Gasteiger partial charge in [-0.25, -0.2) is 0 Å². The van der Waals surface area contributed by atoms with Crippen LogP contribution in [0.25, 0.3) is 0 Å². The lowest BCUT2D eigenvalue weighted by molar-refractivity contribution is -0.146. The van der Waals surface area contributed by atoms with Crippen LogP contribution in [0.15, 0.2) is 18.2 Å². The normalized spacial score (nSPS) is 13.3. The van der Waals surface area contributed by atoms with Gasteiger partial charge in [-0.2, -0.15) is 13.2 Å². The number of benzene rings is 1. The topological polar surface area (TPSA) is 38.7 Å². The fourth-order valence-corrected chi connectivity index (χ4v) is 1.64. The molecule has 0 aliphatic heterocycles. The number of ether oxygens (including phenoxy) is 2. The largest absolute Gasteiger partial charge is 0.494 e. The lowest BCUT2D eigenvalue weighted by Gasteiger charge is -2.14. The first-order valence-corrected chi connectivity index (χ1v) is 6.41. The molecule has 0 fully saturated rings. The molecule has 0 heterocycles. The second-order valence-electron chi connectivity index (χ2n) is 4.39. The van der Waals surface area contributed by atoms with Gasteiger partial charge < -0.3 is 14.6 Å². The molecule has 0 aromatic heterocycles. The third kappa shape index (κ3) is 5.79. The van der Waals surface area contributed by atoms with Gasteiger partial charge in [-0.3, -0.25) is 0 Å². The summed E-state index contributed by atoms with van der Waals surface area (Å²) < 4.78 is 46.5. The van der Waals surface area contributed by atoms with Crippen LogP contribution in [0.5, 0.6) is 5.75 Å². The van der Waals surface area contributed by atoms with Gasteiger partial charge in [-0.15, -0.1) is 0 Å². The molecule has 0 aliphatic rings. The van der Waals surface area contributed by atoms with E-state index in [-0.39, 0.29) is 6.61 Å². The minimum atomic E-state index is -4.22. The second kappa shape index (κ2) is 7.50. The molecular weight excluding hydrogens is 273 g/mol. The zero-order valence-corrected chi connectivity index (χ0v) is 11.5. The van der Waals surface area contributed by atoms with E-state index >= 15 is 0 Å². The zero-order valence-electron chi connectivity index (χ0n) is 11.5. The van der Waals surface area contributed by atoms with E-state index in [4.69, 9.17) is 9.47 Å².